The van der Waals surface area contributed by atoms with E-state index in [0.717, 1.165) is 11.1 Å². The van der Waals surface area contributed by atoms with Crippen LogP contribution in [0.3, 0.4) is 0 Å². The van der Waals surface area contributed by atoms with Gasteiger partial charge >= 0.3 is 0 Å². The molecule has 0 atom stereocenters. The lowest BCUT2D eigenvalue weighted by molar-refractivity contribution is 0.0302. The minimum atomic E-state index is -0.0443. The van der Waals surface area contributed by atoms with Gasteiger partial charge in [-0.1, -0.05) is 31.5 Å². The summed E-state index contributed by atoms with van der Waals surface area (Å²) in [7, 11) is 3.13. The molecular formula is C25H29ClN4O4. The summed E-state index contributed by atoms with van der Waals surface area (Å²) in [5, 5.41) is 3.68. The van der Waals surface area contributed by atoms with Gasteiger partial charge in [0.1, 0.15) is 11.5 Å². The van der Waals surface area contributed by atoms with Crippen molar-refractivity contribution in [3.05, 3.63) is 59.4 Å². The second-order valence-corrected chi connectivity index (χ2v) is 7.50. The summed E-state index contributed by atoms with van der Waals surface area (Å²) in [5.74, 6) is 1.47. The van der Waals surface area contributed by atoms with Gasteiger partial charge in [-0.25, -0.2) is 9.97 Å². The third-order valence-electron chi connectivity index (χ3n) is 5.13. The number of carbonyl (C=O) groups excluding carboxylic acids is 1. The summed E-state index contributed by atoms with van der Waals surface area (Å²) in [4.78, 5) is 23.3. The van der Waals surface area contributed by atoms with E-state index >= 15 is 0 Å². The van der Waals surface area contributed by atoms with E-state index in [9.17, 15) is 4.79 Å². The molecular weight excluding hydrogens is 456 g/mol. The molecule has 0 spiro atoms. The van der Waals surface area contributed by atoms with Crippen molar-refractivity contribution < 1.29 is 19.0 Å². The Balaban J connectivity index is 0.00000158. The van der Waals surface area contributed by atoms with E-state index in [1.807, 2.05) is 26.0 Å². The lowest BCUT2D eigenvalue weighted by Gasteiger charge is -2.27. The molecule has 8 nitrogen and oxygen atoms in total. The molecule has 2 aromatic carbocycles. The first-order chi connectivity index (χ1) is 16.6. The Labute approximate surface area is 204 Å². The SMILES string of the molecule is CC.COc1cc(-c2cnc(Nc3ccc(C(=O)N4CCOCC4)cc3OC)nc2)ccc1Cl. The first-order valence-electron chi connectivity index (χ1n) is 11.1. The monoisotopic (exact) mass is 484 g/mol. The number of amides is 1. The van der Waals surface area contributed by atoms with Gasteiger partial charge in [-0.3, -0.25) is 4.79 Å². The Kier molecular flexibility index (Phi) is 9.07. The molecule has 34 heavy (non-hydrogen) atoms. The van der Waals surface area contributed by atoms with Gasteiger partial charge < -0.3 is 24.4 Å². The van der Waals surface area contributed by atoms with Gasteiger partial charge in [-0.15, -0.1) is 0 Å². The van der Waals surface area contributed by atoms with Crippen LogP contribution in [0.2, 0.25) is 5.02 Å². The van der Waals surface area contributed by atoms with Crippen molar-refractivity contribution in [2.24, 2.45) is 0 Å². The van der Waals surface area contributed by atoms with Crippen molar-refractivity contribution in [3.8, 4) is 22.6 Å². The fraction of sp³-hybridized carbons (Fsp3) is 0.320. The number of hydrogen-bond donors (Lipinski definition) is 1. The molecule has 1 aliphatic heterocycles. The largest absolute Gasteiger partial charge is 0.495 e. The van der Waals surface area contributed by atoms with E-state index in [1.54, 1.807) is 55.8 Å². The lowest BCUT2D eigenvalue weighted by Crippen LogP contribution is -2.40. The Hall–Kier alpha value is -3.36. The van der Waals surface area contributed by atoms with Crippen LogP contribution in [-0.2, 0) is 4.74 Å². The Morgan fingerprint density at radius 3 is 2.29 bits per heavy atom. The lowest BCUT2D eigenvalue weighted by atomic mass is 10.1. The van der Waals surface area contributed by atoms with Gasteiger partial charge in [-0.05, 0) is 35.9 Å². The maximum Gasteiger partial charge on any atom is 0.254 e. The van der Waals surface area contributed by atoms with Crippen LogP contribution in [-0.4, -0.2) is 61.3 Å². The zero-order chi connectivity index (χ0) is 24.5. The van der Waals surface area contributed by atoms with Crippen molar-refractivity contribution in [1.29, 1.82) is 0 Å². The number of methoxy groups -OCH3 is 2. The molecule has 1 N–H and O–H groups in total. The third kappa shape index (κ3) is 5.95. The molecule has 0 unspecified atom stereocenters. The van der Waals surface area contributed by atoms with E-state index in [0.29, 0.717) is 60.0 Å². The highest BCUT2D eigenvalue weighted by Crippen LogP contribution is 2.31. The molecule has 1 aromatic heterocycles. The minimum absolute atomic E-state index is 0.0443. The molecule has 0 aliphatic carbocycles. The fourth-order valence-electron chi connectivity index (χ4n) is 3.38. The molecule has 1 fully saturated rings. The van der Waals surface area contributed by atoms with Gasteiger partial charge in [0.25, 0.3) is 5.91 Å². The van der Waals surface area contributed by atoms with Crippen LogP contribution < -0.4 is 14.8 Å². The predicted octanol–water partition coefficient (Wildman–Crippen LogP) is 5.06. The Morgan fingerprint density at radius 2 is 1.65 bits per heavy atom. The molecule has 0 bridgehead atoms. The second-order valence-electron chi connectivity index (χ2n) is 7.09. The van der Waals surface area contributed by atoms with Crippen molar-refractivity contribution in [2.75, 3.05) is 45.8 Å². The molecule has 1 amide bonds. The molecule has 0 radical (unpaired) electrons. The summed E-state index contributed by atoms with van der Waals surface area (Å²) in [5.41, 5.74) is 2.93. The van der Waals surface area contributed by atoms with E-state index in [4.69, 9.17) is 25.8 Å². The molecule has 4 rings (SSSR count). The summed E-state index contributed by atoms with van der Waals surface area (Å²) in [6.07, 6.45) is 3.42. The van der Waals surface area contributed by atoms with Gasteiger partial charge in [-0.2, -0.15) is 0 Å². The molecule has 180 valence electrons. The smallest absolute Gasteiger partial charge is 0.254 e. The molecule has 3 aromatic rings. The third-order valence-corrected chi connectivity index (χ3v) is 5.44. The maximum absolute atomic E-state index is 12.7. The number of rotatable bonds is 6. The molecule has 1 aliphatic rings. The average molecular weight is 485 g/mol. The number of nitrogens with zero attached hydrogens (tertiary/aromatic N) is 3. The van der Waals surface area contributed by atoms with E-state index < -0.39 is 0 Å². The number of ether oxygens (including phenoxy) is 3. The zero-order valence-electron chi connectivity index (χ0n) is 19.8. The molecule has 9 heteroatoms. The second kappa shape index (κ2) is 12.2. The predicted molar refractivity (Wildman–Crippen MR) is 133 cm³/mol. The van der Waals surface area contributed by atoms with Crippen LogP contribution >= 0.6 is 11.6 Å². The zero-order valence-corrected chi connectivity index (χ0v) is 20.6. The number of halogens is 1. The van der Waals surface area contributed by atoms with Gasteiger partial charge in [0.2, 0.25) is 5.95 Å². The first-order valence-corrected chi connectivity index (χ1v) is 11.4. The Morgan fingerprint density at radius 1 is 0.971 bits per heavy atom. The number of morpholine rings is 1. The van der Waals surface area contributed by atoms with Gasteiger partial charge in [0.15, 0.2) is 0 Å². The summed E-state index contributed by atoms with van der Waals surface area (Å²) in [6.45, 7) is 6.28. The highest BCUT2D eigenvalue weighted by Gasteiger charge is 2.20. The first kappa shape index (κ1) is 25.3. The normalized spacial score (nSPS) is 12.9. The van der Waals surface area contributed by atoms with Gasteiger partial charge in [0.05, 0.1) is 38.1 Å². The van der Waals surface area contributed by atoms with Crippen LogP contribution in [0.15, 0.2) is 48.8 Å². The average Bonchev–Trinajstić information content (AvgIpc) is 2.91. The maximum atomic E-state index is 12.7. The number of nitrogens with one attached hydrogen (secondary N) is 1. The van der Waals surface area contributed by atoms with E-state index in [2.05, 4.69) is 15.3 Å². The summed E-state index contributed by atoms with van der Waals surface area (Å²) in [6, 6.07) is 10.7. The van der Waals surface area contributed by atoms with Crippen LogP contribution in [0.4, 0.5) is 11.6 Å². The molecule has 0 saturated carbocycles. The summed E-state index contributed by atoms with van der Waals surface area (Å²) >= 11 is 6.10. The highest BCUT2D eigenvalue weighted by atomic mass is 35.5. The van der Waals surface area contributed by atoms with E-state index in [1.165, 1.54) is 0 Å². The summed E-state index contributed by atoms with van der Waals surface area (Å²) < 4.78 is 16.1. The molecule has 1 saturated heterocycles. The fourth-order valence-corrected chi connectivity index (χ4v) is 3.57. The standard InChI is InChI=1S/C23H23ClN4O4.C2H6/c1-30-20-11-15(3-5-18(20)24)17-13-25-23(26-14-17)27-19-6-4-16(12-21(19)31-2)22(29)28-7-9-32-10-8-28;1-2/h3-6,11-14H,7-10H2,1-2H3,(H,25,26,27);1-2H3. The van der Waals surface area contributed by atoms with Crippen molar-refractivity contribution in [2.45, 2.75) is 13.8 Å². The van der Waals surface area contributed by atoms with E-state index in [-0.39, 0.29) is 5.91 Å². The van der Waals surface area contributed by atoms with Crippen molar-refractivity contribution in [1.82, 2.24) is 14.9 Å². The number of aromatic nitrogens is 2. The van der Waals surface area contributed by atoms with Crippen molar-refractivity contribution >= 4 is 29.1 Å². The quantitative estimate of drug-likeness (QED) is 0.523. The van der Waals surface area contributed by atoms with Crippen LogP contribution in [0.5, 0.6) is 11.5 Å². The van der Waals surface area contributed by atoms with Gasteiger partial charge in [0, 0.05) is 36.6 Å². The molecule has 2 heterocycles. The van der Waals surface area contributed by atoms with Crippen molar-refractivity contribution in [3.63, 3.8) is 0 Å². The van der Waals surface area contributed by atoms with Crippen LogP contribution in [0.1, 0.15) is 24.2 Å². The minimum Gasteiger partial charge on any atom is -0.495 e. The highest BCUT2D eigenvalue weighted by molar-refractivity contribution is 6.32. The number of hydrogen-bond acceptors (Lipinski definition) is 7. The number of benzene rings is 2. The topological polar surface area (TPSA) is 85.8 Å². The van der Waals surface area contributed by atoms with Crippen LogP contribution in [0, 0.1) is 0 Å². The Bertz CT molecular complexity index is 1100. The van der Waals surface area contributed by atoms with Crippen LogP contribution in [0.25, 0.3) is 11.1 Å². The number of anilines is 2. The number of carbonyl (C=O) groups is 1.